The highest BCUT2D eigenvalue weighted by Crippen LogP contribution is 2.32. The third-order valence-corrected chi connectivity index (χ3v) is 2.47. The molecule has 0 saturated carbocycles. The Balaban J connectivity index is 2.48. The van der Waals surface area contributed by atoms with Crippen LogP contribution in [-0.2, 0) is 14.3 Å². The van der Waals surface area contributed by atoms with Crippen LogP contribution in [0, 0.1) is 0 Å². The summed E-state index contributed by atoms with van der Waals surface area (Å²) in [6, 6.07) is 0. The first-order valence-electron chi connectivity index (χ1n) is 4.82. The monoisotopic (exact) mass is 210 g/mol. The lowest BCUT2D eigenvalue weighted by atomic mass is 9.97. The molecule has 5 nitrogen and oxygen atoms in total. The molecule has 2 aliphatic rings. The van der Waals surface area contributed by atoms with Gasteiger partial charge < -0.3 is 15.2 Å². The van der Waals surface area contributed by atoms with Gasteiger partial charge in [-0.05, 0) is 13.8 Å². The number of nitrogens with one attached hydrogen (secondary N) is 1. The first kappa shape index (κ1) is 10.2. The highest BCUT2D eigenvalue weighted by Gasteiger charge is 2.44. The Bertz CT molecular complexity index is 365. The Morgan fingerprint density at radius 2 is 2.40 bits per heavy atom. The molecular formula is C10H14N2O3. The Morgan fingerprint density at radius 1 is 1.67 bits per heavy atom. The van der Waals surface area contributed by atoms with E-state index < -0.39 is 5.72 Å². The molecule has 0 aromatic rings. The van der Waals surface area contributed by atoms with Crippen LogP contribution in [0.4, 0.5) is 0 Å². The number of carbonyl (C=O) groups excluding carboxylic acids is 1. The van der Waals surface area contributed by atoms with Crippen molar-refractivity contribution in [3.05, 3.63) is 23.3 Å². The van der Waals surface area contributed by atoms with Gasteiger partial charge in [0.2, 0.25) is 5.88 Å². The topological polar surface area (TPSA) is 73.6 Å². The fraction of sp³-hybridized carbons (Fsp3) is 0.500. The fourth-order valence-corrected chi connectivity index (χ4v) is 1.98. The molecule has 5 heteroatoms. The summed E-state index contributed by atoms with van der Waals surface area (Å²) in [4.78, 5) is 11.5. The molecule has 2 rings (SSSR count). The lowest BCUT2D eigenvalue weighted by Gasteiger charge is -2.31. The smallest absolute Gasteiger partial charge is 0.201 e. The van der Waals surface area contributed by atoms with Crippen molar-refractivity contribution in [1.82, 2.24) is 5.32 Å². The molecule has 0 aromatic heterocycles. The van der Waals surface area contributed by atoms with Gasteiger partial charge in [-0.15, -0.1) is 0 Å². The number of carbonyl (C=O) groups is 1. The molecule has 1 unspecified atom stereocenters. The number of nitrogens with two attached hydrogens (primary N) is 1. The van der Waals surface area contributed by atoms with E-state index in [1.807, 2.05) is 0 Å². The van der Waals surface area contributed by atoms with Gasteiger partial charge in [0.15, 0.2) is 11.5 Å². The molecular weight excluding hydrogens is 196 g/mol. The second-order valence-electron chi connectivity index (χ2n) is 3.66. The average molecular weight is 210 g/mol. The maximum absolute atomic E-state index is 11.5. The van der Waals surface area contributed by atoms with Gasteiger partial charge >= 0.3 is 0 Å². The lowest BCUT2D eigenvalue weighted by molar-refractivity contribution is -0.116. The van der Waals surface area contributed by atoms with E-state index in [1.165, 1.54) is 6.92 Å². The normalized spacial score (nSPS) is 30.4. The number of ether oxygens (including phenoxy) is 2. The van der Waals surface area contributed by atoms with Crippen LogP contribution in [0.2, 0.25) is 0 Å². The van der Waals surface area contributed by atoms with Gasteiger partial charge in [0.1, 0.15) is 11.3 Å². The third-order valence-electron chi connectivity index (χ3n) is 2.47. The van der Waals surface area contributed by atoms with E-state index in [0.29, 0.717) is 24.5 Å². The highest BCUT2D eigenvalue weighted by atomic mass is 16.5. The van der Waals surface area contributed by atoms with E-state index in [0.717, 1.165) is 0 Å². The van der Waals surface area contributed by atoms with Gasteiger partial charge in [-0.3, -0.25) is 10.1 Å². The standard InChI is InChI=1S/C10H14N2O3/c1-6-5-10(12-3-4-14-10)8(7(2)13)9(11)15-6/h5,12H,3-4,11H2,1-2H3. The highest BCUT2D eigenvalue weighted by molar-refractivity contribution is 5.96. The molecule has 1 fully saturated rings. The first-order chi connectivity index (χ1) is 7.05. The minimum atomic E-state index is -0.877. The van der Waals surface area contributed by atoms with E-state index >= 15 is 0 Å². The van der Waals surface area contributed by atoms with Crippen molar-refractivity contribution in [2.24, 2.45) is 5.73 Å². The molecule has 3 N–H and O–H groups in total. The van der Waals surface area contributed by atoms with Crippen molar-refractivity contribution in [3.63, 3.8) is 0 Å². The summed E-state index contributed by atoms with van der Waals surface area (Å²) in [6.07, 6.45) is 1.74. The quantitative estimate of drug-likeness (QED) is 0.637. The summed E-state index contributed by atoms with van der Waals surface area (Å²) in [5.41, 5.74) is 5.18. The molecule has 0 amide bonds. The van der Waals surface area contributed by atoms with Crippen LogP contribution in [0.1, 0.15) is 13.8 Å². The van der Waals surface area contributed by atoms with Crippen molar-refractivity contribution in [3.8, 4) is 0 Å². The molecule has 0 bridgehead atoms. The molecule has 1 atom stereocenters. The van der Waals surface area contributed by atoms with Crippen LogP contribution in [0.3, 0.4) is 0 Å². The van der Waals surface area contributed by atoms with Crippen molar-refractivity contribution >= 4 is 5.78 Å². The molecule has 82 valence electrons. The summed E-state index contributed by atoms with van der Waals surface area (Å²) < 4.78 is 10.8. The Kier molecular flexibility index (Phi) is 2.28. The number of Topliss-reactive ketones (excluding diaryl/α,β-unsaturated/α-hetero) is 1. The van der Waals surface area contributed by atoms with Gasteiger partial charge in [0.25, 0.3) is 0 Å². The fourth-order valence-electron chi connectivity index (χ4n) is 1.98. The van der Waals surface area contributed by atoms with Gasteiger partial charge in [0.05, 0.1) is 6.61 Å². The van der Waals surface area contributed by atoms with Gasteiger partial charge in [-0.1, -0.05) is 0 Å². The molecule has 1 saturated heterocycles. The minimum absolute atomic E-state index is 0.122. The van der Waals surface area contributed by atoms with Crippen molar-refractivity contribution < 1.29 is 14.3 Å². The maximum atomic E-state index is 11.5. The van der Waals surface area contributed by atoms with Crippen LogP contribution in [-0.4, -0.2) is 24.7 Å². The predicted molar refractivity (Wildman–Crippen MR) is 53.4 cm³/mol. The number of ketones is 1. The number of allylic oxidation sites excluding steroid dienone is 1. The molecule has 2 aliphatic heterocycles. The molecule has 0 radical (unpaired) electrons. The molecule has 15 heavy (non-hydrogen) atoms. The summed E-state index contributed by atoms with van der Waals surface area (Å²) in [6.45, 7) is 4.46. The second-order valence-corrected chi connectivity index (χ2v) is 3.66. The average Bonchev–Trinajstić information content (AvgIpc) is 2.50. The number of hydrogen-bond donors (Lipinski definition) is 2. The maximum Gasteiger partial charge on any atom is 0.201 e. The van der Waals surface area contributed by atoms with E-state index in [9.17, 15) is 4.79 Å². The Labute approximate surface area is 87.9 Å². The van der Waals surface area contributed by atoms with E-state index in [1.54, 1.807) is 13.0 Å². The zero-order valence-corrected chi connectivity index (χ0v) is 8.79. The van der Waals surface area contributed by atoms with Crippen molar-refractivity contribution in [2.45, 2.75) is 19.6 Å². The summed E-state index contributed by atoms with van der Waals surface area (Å²) in [7, 11) is 0. The molecule has 0 aromatic carbocycles. The zero-order valence-electron chi connectivity index (χ0n) is 8.79. The van der Waals surface area contributed by atoms with E-state index in [-0.39, 0.29) is 11.7 Å². The van der Waals surface area contributed by atoms with Crippen molar-refractivity contribution in [1.29, 1.82) is 0 Å². The zero-order chi connectivity index (χ0) is 11.1. The van der Waals surface area contributed by atoms with Gasteiger partial charge in [-0.25, -0.2) is 0 Å². The van der Waals surface area contributed by atoms with E-state index in [4.69, 9.17) is 15.2 Å². The SMILES string of the molecule is CC(=O)C1=C(N)OC(C)=CC12NCCO2. The summed E-state index contributed by atoms with van der Waals surface area (Å²) >= 11 is 0. The van der Waals surface area contributed by atoms with Gasteiger partial charge in [-0.2, -0.15) is 0 Å². The molecule has 1 spiro atoms. The van der Waals surface area contributed by atoms with Crippen molar-refractivity contribution in [2.75, 3.05) is 13.2 Å². The molecule has 0 aliphatic carbocycles. The van der Waals surface area contributed by atoms with Crippen LogP contribution >= 0.6 is 0 Å². The third kappa shape index (κ3) is 1.53. The minimum Gasteiger partial charge on any atom is -0.446 e. The first-order valence-corrected chi connectivity index (χ1v) is 4.82. The number of hydrogen-bond acceptors (Lipinski definition) is 5. The summed E-state index contributed by atoms with van der Waals surface area (Å²) in [5, 5.41) is 3.13. The largest absolute Gasteiger partial charge is 0.446 e. The van der Waals surface area contributed by atoms with Crippen LogP contribution in [0.15, 0.2) is 23.3 Å². The lowest BCUT2D eigenvalue weighted by Crippen LogP contribution is -2.47. The van der Waals surface area contributed by atoms with Crippen LogP contribution in [0.25, 0.3) is 0 Å². The predicted octanol–water partition coefficient (Wildman–Crippen LogP) is -0.00420. The Morgan fingerprint density at radius 3 is 2.93 bits per heavy atom. The van der Waals surface area contributed by atoms with E-state index in [2.05, 4.69) is 5.32 Å². The van der Waals surface area contributed by atoms with Gasteiger partial charge in [0, 0.05) is 12.6 Å². The van der Waals surface area contributed by atoms with Crippen LogP contribution < -0.4 is 11.1 Å². The van der Waals surface area contributed by atoms with Crippen LogP contribution in [0.5, 0.6) is 0 Å². The molecule has 2 heterocycles. The number of rotatable bonds is 1. The second kappa shape index (κ2) is 3.36. The summed E-state index contributed by atoms with van der Waals surface area (Å²) in [5.74, 6) is 0.606. The Hall–Kier alpha value is -1.33.